The fraction of sp³-hybridized carbons (Fsp3) is 0.943. The number of ether oxygens (including phenoxy) is 1. The van der Waals surface area contributed by atoms with Crippen molar-refractivity contribution in [3.63, 3.8) is 0 Å². The van der Waals surface area contributed by atoms with Crippen molar-refractivity contribution in [2.75, 3.05) is 13.2 Å². The molecule has 0 aliphatic rings. The Kier molecular flexibility index (Phi) is 64.9. The molecular weight excluding hydrogens is 935 g/mol. The summed E-state index contributed by atoms with van der Waals surface area (Å²) >= 11 is 0. The first-order chi connectivity index (χ1) is 37.5. The van der Waals surface area contributed by atoms with Gasteiger partial charge in [-0.05, 0) is 32.1 Å². The number of amides is 1. The van der Waals surface area contributed by atoms with Crippen LogP contribution in [0.4, 0.5) is 0 Å². The number of nitrogens with one attached hydrogen (secondary N) is 1. The lowest BCUT2D eigenvalue weighted by molar-refractivity contribution is -0.143. The van der Waals surface area contributed by atoms with Gasteiger partial charge in [0.15, 0.2) is 0 Å². The molecule has 0 aromatic heterocycles. The lowest BCUT2D eigenvalue weighted by atomic mass is 10.0. The zero-order chi connectivity index (χ0) is 55.0. The van der Waals surface area contributed by atoms with Crippen molar-refractivity contribution in [2.45, 2.75) is 411 Å². The minimum absolute atomic E-state index is 0.0149. The molecule has 0 aliphatic carbocycles. The van der Waals surface area contributed by atoms with E-state index in [1.165, 1.54) is 334 Å². The molecule has 1 amide bonds. The lowest BCUT2D eigenvalue weighted by Crippen LogP contribution is -2.45. The summed E-state index contributed by atoms with van der Waals surface area (Å²) in [5.41, 5.74) is 0. The number of allylic oxidation sites excluding steroid dienone is 1. The van der Waals surface area contributed by atoms with Crippen LogP contribution >= 0.6 is 0 Å². The van der Waals surface area contributed by atoms with Gasteiger partial charge in [-0.1, -0.05) is 366 Å². The second-order valence-electron chi connectivity index (χ2n) is 24.2. The van der Waals surface area contributed by atoms with Gasteiger partial charge in [-0.2, -0.15) is 0 Å². The first-order valence-corrected chi connectivity index (χ1v) is 35.0. The van der Waals surface area contributed by atoms with Gasteiger partial charge >= 0.3 is 5.97 Å². The molecule has 452 valence electrons. The summed E-state index contributed by atoms with van der Waals surface area (Å²) in [5.74, 6) is -0.0490. The number of aliphatic hydroxyl groups is 2. The Morgan fingerprint density at radius 1 is 0.355 bits per heavy atom. The Morgan fingerprint density at radius 2 is 0.605 bits per heavy atom. The van der Waals surface area contributed by atoms with Crippen LogP contribution in [0.2, 0.25) is 0 Å². The molecule has 0 aromatic rings. The molecule has 0 heterocycles. The highest BCUT2D eigenvalue weighted by Gasteiger charge is 2.18. The fourth-order valence-electron chi connectivity index (χ4n) is 11.2. The maximum absolute atomic E-state index is 12.5. The Morgan fingerprint density at radius 3 is 0.895 bits per heavy atom. The summed E-state index contributed by atoms with van der Waals surface area (Å²) in [5, 5.41) is 23.3. The summed E-state index contributed by atoms with van der Waals surface area (Å²) in [6.07, 6.45) is 81.4. The Labute approximate surface area is 476 Å². The number of unbranched alkanes of at least 4 members (excludes halogenated alkanes) is 55. The third kappa shape index (κ3) is 61.8. The fourth-order valence-corrected chi connectivity index (χ4v) is 11.2. The number of hydrogen-bond acceptors (Lipinski definition) is 5. The zero-order valence-corrected chi connectivity index (χ0v) is 51.8. The van der Waals surface area contributed by atoms with Crippen LogP contribution in [0.15, 0.2) is 12.2 Å². The second kappa shape index (κ2) is 66.1. The van der Waals surface area contributed by atoms with Gasteiger partial charge in [0.25, 0.3) is 0 Å². The normalized spacial score (nSPS) is 12.5. The van der Waals surface area contributed by atoms with Crippen LogP contribution in [0, 0.1) is 0 Å². The molecule has 0 bridgehead atoms. The molecule has 2 unspecified atom stereocenters. The van der Waals surface area contributed by atoms with Crippen LogP contribution in [-0.4, -0.2) is 47.4 Å². The number of hydrogen-bond donors (Lipinski definition) is 3. The Balaban J connectivity index is 3.40. The predicted molar refractivity (Wildman–Crippen MR) is 333 cm³/mol. The van der Waals surface area contributed by atoms with Gasteiger partial charge in [-0.3, -0.25) is 9.59 Å². The minimum Gasteiger partial charge on any atom is -0.466 e. The van der Waals surface area contributed by atoms with Crippen molar-refractivity contribution in [3.05, 3.63) is 12.2 Å². The Bertz CT molecular complexity index is 1140. The van der Waals surface area contributed by atoms with E-state index < -0.39 is 12.1 Å². The van der Waals surface area contributed by atoms with Crippen LogP contribution < -0.4 is 5.32 Å². The summed E-state index contributed by atoms with van der Waals surface area (Å²) in [6.45, 7) is 4.95. The third-order valence-electron chi connectivity index (χ3n) is 16.6. The highest BCUT2D eigenvalue weighted by Crippen LogP contribution is 2.19. The van der Waals surface area contributed by atoms with E-state index >= 15 is 0 Å². The number of aliphatic hydroxyl groups excluding tert-OH is 2. The number of carbonyl (C=O) groups is 2. The topological polar surface area (TPSA) is 95.9 Å². The van der Waals surface area contributed by atoms with Crippen molar-refractivity contribution in [3.8, 4) is 0 Å². The van der Waals surface area contributed by atoms with Crippen LogP contribution in [0.5, 0.6) is 0 Å². The molecule has 0 saturated carbocycles. The van der Waals surface area contributed by atoms with Gasteiger partial charge in [0, 0.05) is 12.8 Å². The SMILES string of the molecule is CCCCCCCCCCCCCCCCCCCCCCCC/C=C/C(O)C(CO)NC(=O)CCCCCCCCCCCCCCCCCCCCCCCOC(=O)CCCCCCCCCCCCCCCC. The molecule has 6 heteroatoms. The molecule has 0 rings (SSSR count). The molecule has 6 nitrogen and oxygen atoms in total. The van der Waals surface area contributed by atoms with Gasteiger partial charge < -0.3 is 20.3 Å². The van der Waals surface area contributed by atoms with Gasteiger partial charge in [-0.15, -0.1) is 0 Å². The van der Waals surface area contributed by atoms with Crippen LogP contribution in [0.3, 0.4) is 0 Å². The molecule has 76 heavy (non-hydrogen) atoms. The van der Waals surface area contributed by atoms with E-state index in [0.29, 0.717) is 19.4 Å². The third-order valence-corrected chi connectivity index (χ3v) is 16.6. The smallest absolute Gasteiger partial charge is 0.305 e. The molecule has 0 aromatic carbocycles. The van der Waals surface area contributed by atoms with Gasteiger partial charge in [-0.25, -0.2) is 0 Å². The van der Waals surface area contributed by atoms with Crippen LogP contribution in [0.25, 0.3) is 0 Å². The van der Waals surface area contributed by atoms with Crippen LogP contribution in [0.1, 0.15) is 399 Å². The molecule has 0 spiro atoms. The van der Waals surface area contributed by atoms with Crippen molar-refractivity contribution >= 4 is 11.9 Å². The largest absolute Gasteiger partial charge is 0.466 e. The highest BCUT2D eigenvalue weighted by atomic mass is 16.5. The minimum atomic E-state index is -0.846. The molecule has 2 atom stereocenters. The quantitative estimate of drug-likeness (QED) is 0.0320. The number of rotatable bonds is 66. The lowest BCUT2D eigenvalue weighted by Gasteiger charge is -2.20. The monoisotopic (exact) mass is 1070 g/mol. The number of esters is 1. The van der Waals surface area contributed by atoms with E-state index in [9.17, 15) is 19.8 Å². The highest BCUT2D eigenvalue weighted by molar-refractivity contribution is 5.76. The van der Waals surface area contributed by atoms with E-state index in [1.807, 2.05) is 6.08 Å². The van der Waals surface area contributed by atoms with E-state index in [1.54, 1.807) is 6.08 Å². The standard InChI is InChI=1S/C70H137NO5/c1-3-5-7-9-11-13-15-17-19-20-21-22-23-24-26-29-32-35-38-42-46-50-54-58-62-68(73)67(66-72)71-69(74)63-59-55-51-47-43-39-36-33-30-27-25-28-31-34-37-41-45-49-53-57-61-65-76-70(75)64-60-56-52-48-44-40-18-16-14-12-10-8-6-4-2/h58,62,67-68,72-73H,3-57,59-61,63-66H2,1-2H3,(H,71,74)/b62-58+. The summed E-state index contributed by atoms with van der Waals surface area (Å²) in [7, 11) is 0. The molecule has 0 radical (unpaired) electrons. The van der Waals surface area contributed by atoms with Crippen molar-refractivity contribution in [1.29, 1.82) is 0 Å². The van der Waals surface area contributed by atoms with E-state index in [-0.39, 0.29) is 18.5 Å². The average Bonchev–Trinajstić information content (AvgIpc) is 3.42. The number of carbonyl (C=O) groups excluding carboxylic acids is 2. The maximum Gasteiger partial charge on any atom is 0.305 e. The first-order valence-electron chi connectivity index (χ1n) is 35.0. The van der Waals surface area contributed by atoms with Crippen molar-refractivity contribution < 1.29 is 24.5 Å². The van der Waals surface area contributed by atoms with Gasteiger partial charge in [0.2, 0.25) is 5.91 Å². The second-order valence-corrected chi connectivity index (χ2v) is 24.2. The van der Waals surface area contributed by atoms with E-state index in [0.717, 1.165) is 38.5 Å². The van der Waals surface area contributed by atoms with Crippen LogP contribution in [-0.2, 0) is 14.3 Å². The molecule has 0 aliphatic heterocycles. The molecule has 3 N–H and O–H groups in total. The maximum atomic E-state index is 12.5. The van der Waals surface area contributed by atoms with Gasteiger partial charge in [0.1, 0.15) is 0 Å². The summed E-state index contributed by atoms with van der Waals surface area (Å²) in [6, 6.07) is -0.629. The van der Waals surface area contributed by atoms with Gasteiger partial charge in [0.05, 0.1) is 25.4 Å². The van der Waals surface area contributed by atoms with E-state index in [2.05, 4.69) is 19.2 Å². The zero-order valence-electron chi connectivity index (χ0n) is 51.8. The molecular formula is C70H137NO5. The first kappa shape index (κ1) is 74.6. The summed E-state index contributed by atoms with van der Waals surface area (Å²) < 4.78 is 5.49. The molecule has 0 fully saturated rings. The average molecular weight is 1070 g/mol. The van der Waals surface area contributed by atoms with Crippen molar-refractivity contribution in [2.24, 2.45) is 0 Å². The van der Waals surface area contributed by atoms with Crippen molar-refractivity contribution in [1.82, 2.24) is 5.32 Å². The Hall–Kier alpha value is -1.40. The van der Waals surface area contributed by atoms with E-state index in [4.69, 9.17) is 4.74 Å². The predicted octanol–water partition coefficient (Wildman–Crippen LogP) is 22.4. The molecule has 0 saturated heterocycles. The summed E-state index contributed by atoms with van der Waals surface area (Å²) in [4.78, 5) is 24.6.